The van der Waals surface area contributed by atoms with Gasteiger partial charge in [-0.1, -0.05) is 11.6 Å². The fourth-order valence-electron chi connectivity index (χ4n) is 3.19. The Bertz CT molecular complexity index is 647. The van der Waals surface area contributed by atoms with E-state index in [0.717, 1.165) is 24.2 Å². The zero-order chi connectivity index (χ0) is 19.9. The van der Waals surface area contributed by atoms with Crippen LogP contribution in [-0.2, 0) is 10.2 Å². The number of hydrogen-bond acceptors (Lipinski definition) is 3. The third-order valence-corrected chi connectivity index (χ3v) is 4.94. The summed E-state index contributed by atoms with van der Waals surface area (Å²) in [6, 6.07) is 5.47. The van der Waals surface area contributed by atoms with Crippen LogP contribution in [0.2, 0.25) is 5.02 Å². The molecule has 0 aliphatic carbocycles. The van der Waals surface area contributed by atoms with Gasteiger partial charge in [-0.15, -0.1) is 0 Å². The number of halogens is 4. The highest BCUT2D eigenvalue weighted by molar-refractivity contribution is 6.30. The molecule has 0 saturated carbocycles. The highest BCUT2D eigenvalue weighted by atomic mass is 35.5. The molecule has 1 heterocycles. The third-order valence-electron chi connectivity index (χ3n) is 4.70. The van der Waals surface area contributed by atoms with E-state index in [1.165, 1.54) is 7.05 Å². The molecule has 1 saturated heterocycles. The van der Waals surface area contributed by atoms with E-state index in [1.807, 2.05) is 12.1 Å². The first-order valence-corrected chi connectivity index (χ1v) is 9.10. The lowest BCUT2D eigenvalue weighted by molar-refractivity contribution is -0.132. The minimum Gasteiger partial charge on any atom is -0.496 e. The summed E-state index contributed by atoms with van der Waals surface area (Å²) in [5.74, 6) is 1.05. The van der Waals surface area contributed by atoms with Gasteiger partial charge >= 0.3 is 6.18 Å². The average Bonchev–Trinajstić information content (AvgIpc) is 2.64. The molecule has 0 atom stereocenters. The summed E-state index contributed by atoms with van der Waals surface area (Å²) in [5, 5.41) is 6.46. The van der Waals surface area contributed by atoms with Gasteiger partial charge in [0.15, 0.2) is 5.96 Å². The summed E-state index contributed by atoms with van der Waals surface area (Å²) >= 11 is 6.21. The number of rotatable bonds is 6. The van der Waals surface area contributed by atoms with Crippen LogP contribution in [0.3, 0.4) is 0 Å². The van der Waals surface area contributed by atoms with Crippen molar-refractivity contribution in [2.75, 3.05) is 40.5 Å². The molecule has 0 aromatic heterocycles. The first-order valence-electron chi connectivity index (χ1n) is 8.73. The molecule has 1 aromatic rings. The molecule has 1 aromatic carbocycles. The Balaban J connectivity index is 2.14. The fourth-order valence-corrected chi connectivity index (χ4v) is 3.37. The Morgan fingerprint density at radius 2 is 2.00 bits per heavy atom. The Hall–Kier alpha value is -1.67. The standard InChI is InChI=1S/C18H25ClF3N3O2/c1-23-16(24-8-5-18(20,21)22)25-12-17(6-9-27-10-7-17)14-11-13(19)3-4-15(14)26-2/h3-4,11H,5-10,12H2,1-2H3,(H2,23,24,25). The molecule has 2 N–H and O–H groups in total. The molecule has 1 aliphatic heterocycles. The maximum atomic E-state index is 12.3. The number of ether oxygens (including phenoxy) is 2. The highest BCUT2D eigenvalue weighted by Crippen LogP contribution is 2.40. The molecule has 0 bridgehead atoms. The van der Waals surface area contributed by atoms with Crippen LogP contribution >= 0.6 is 11.6 Å². The summed E-state index contributed by atoms with van der Waals surface area (Å²) in [5.41, 5.74) is 0.634. The van der Waals surface area contributed by atoms with E-state index in [0.29, 0.717) is 30.7 Å². The van der Waals surface area contributed by atoms with Crippen LogP contribution in [0.1, 0.15) is 24.8 Å². The number of guanidine groups is 1. The number of alkyl halides is 3. The molecule has 0 radical (unpaired) electrons. The van der Waals surface area contributed by atoms with Crippen LogP contribution in [0.25, 0.3) is 0 Å². The quantitative estimate of drug-likeness (QED) is 0.559. The highest BCUT2D eigenvalue weighted by Gasteiger charge is 2.37. The number of hydrogen-bond donors (Lipinski definition) is 2. The lowest BCUT2D eigenvalue weighted by atomic mass is 9.73. The second-order valence-electron chi connectivity index (χ2n) is 6.46. The molecule has 1 fully saturated rings. The van der Waals surface area contributed by atoms with Crippen molar-refractivity contribution in [2.45, 2.75) is 30.9 Å². The molecular weight excluding hydrogens is 383 g/mol. The Labute approximate surface area is 162 Å². The van der Waals surface area contributed by atoms with E-state index in [4.69, 9.17) is 21.1 Å². The van der Waals surface area contributed by atoms with Crippen molar-refractivity contribution in [1.82, 2.24) is 10.6 Å². The van der Waals surface area contributed by atoms with Crippen LogP contribution in [-0.4, -0.2) is 52.6 Å². The molecule has 9 heteroatoms. The fraction of sp³-hybridized carbons (Fsp3) is 0.611. The molecule has 152 valence electrons. The summed E-state index contributed by atoms with van der Waals surface area (Å²) in [7, 11) is 3.13. The number of methoxy groups -OCH3 is 1. The van der Waals surface area contributed by atoms with E-state index in [9.17, 15) is 13.2 Å². The summed E-state index contributed by atoms with van der Waals surface area (Å²) in [6.07, 6.45) is -3.66. The van der Waals surface area contributed by atoms with Gasteiger partial charge in [0.1, 0.15) is 5.75 Å². The maximum Gasteiger partial charge on any atom is 0.390 e. The lowest BCUT2D eigenvalue weighted by Crippen LogP contribution is -2.48. The summed E-state index contributed by atoms with van der Waals surface area (Å²) < 4.78 is 48.1. The number of aliphatic imine (C=N–C) groups is 1. The van der Waals surface area contributed by atoms with E-state index in [1.54, 1.807) is 13.2 Å². The Kier molecular flexibility index (Phi) is 7.61. The second-order valence-corrected chi connectivity index (χ2v) is 6.89. The van der Waals surface area contributed by atoms with Gasteiger partial charge in [-0.2, -0.15) is 13.2 Å². The van der Waals surface area contributed by atoms with Crippen molar-refractivity contribution < 1.29 is 22.6 Å². The normalized spacial score (nSPS) is 17.5. The smallest absolute Gasteiger partial charge is 0.390 e. The first kappa shape index (κ1) is 21.6. The molecule has 0 unspecified atom stereocenters. The Morgan fingerprint density at radius 1 is 1.30 bits per heavy atom. The van der Waals surface area contributed by atoms with Gasteiger partial charge in [-0.3, -0.25) is 4.99 Å². The van der Waals surface area contributed by atoms with Crippen LogP contribution in [0.15, 0.2) is 23.2 Å². The van der Waals surface area contributed by atoms with Gasteiger partial charge in [-0.05, 0) is 31.0 Å². The monoisotopic (exact) mass is 407 g/mol. The van der Waals surface area contributed by atoms with Gasteiger partial charge in [0.05, 0.1) is 13.5 Å². The van der Waals surface area contributed by atoms with Gasteiger partial charge in [-0.25, -0.2) is 0 Å². The lowest BCUT2D eigenvalue weighted by Gasteiger charge is -2.39. The largest absolute Gasteiger partial charge is 0.496 e. The SMILES string of the molecule is CN=C(NCCC(F)(F)F)NCC1(c2cc(Cl)ccc2OC)CCOCC1. The maximum absolute atomic E-state index is 12.3. The third kappa shape index (κ3) is 6.17. The van der Waals surface area contributed by atoms with Gasteiger partial charge < -0.3 is 20.1 Å². The molecular formula is C18H25ClF3N3O2. The van der Waals surface area contributed by atoms with E-state index in [2.05, 4.69) is 15.6 Å². The molecule has 1 aliphatic rings. The molecule has 27 heavy (non-hydrogen) atoms. The molecule has 2 rings (SSSR count). The van der Waals surface area contributed by atoms with E-state index >= 15 is 0 Å². The van der Waals surface area contributed by atoms with Crippen molar-refractivity contribution in [3.05, 3.63) is 28.8 Å². The predicted octanol–water partition coefficient (Wildman–Crippen LogP) is 3.51. The molecule has 0 amide bonds. The van der Waals surface area contributed by atoms with Crippen LogP contribution in [0.4, 0.5) is 13.2 Å². The Morgan fingerprint density at radius 3 is 2.59 bits per heavy atom. The van der Waals surface area contributed by atoms with Crippen molar-refractivity contribution in [1.29, 1.82) is 0 Å². The topological polar surface area (TPSA) is 54.9 Å². The van der Waals surface area contributed by atoms with Crippen LogP contribution in [0.5, 0.6) is 5.75 Å². The summed E-state index contributed by atoms with van der Waals surface area (Å²) in [4.78, 5) is 4.02. The van der Waals surface area contributed by atoms with Gasteiger partial charge in [0.2, 0.25) is 0 Å². The molecule has 5 nitrogen and oxygen atoms in total. The van der Waals surface area contributed by atoms with E-state index < -0.39 is 12.6 Å². The van der Waals surface area contributed by atoms with Crippen LogP contribution in [0, 0.1) is 0 Å². The summed E-state index contributed by atoms with van der Waals surface area (Å²) in [6.45, 7) is 1.40. The van der Waals surface area contributed by atoms with Crippen molar-refractivity contribution in [2.24, 2.45) is 4.99 Å². The zero-order valence-corrected chi connectivity index (χ0v) is 16.2. The van der Waals surface area contributed by atoms with Crippen molar-refractivity contribution in [3.63, 3.8) is 0 Å². The zero-order valence-electron chi connectivity index (χ0n) is 15.5. The van der Waals surface area contributed by atoms with Gasteiger partial charge in [0.25, 0.3) is 0 Å². The predicted molar refractivity (Wildman–Crippen MR) is 99.8 cm³/mol. The second kappa shape index (κ2) is 9.50. The van der Waals surface area contributed by atoms with E-state index in [-0.39, 0.29) is 12.0 Å². The van der Waals surface area contributed by atoms with Gasteiger partial charge in [0, 0.05) is 49.4 Å². The number of nitrogens with zero attached hydrogens (tertiary/aromatic N) is 1. The van der Waals surface area contributed by atoms with Crippen molar-refractivity contribution >= 4 is 17.6 Å². The van der Waals surface area contributed by atoms with Crippen molar-refractivity contribution in [3.8, 4) is 5.75 Å². The number of nitrogens with one attached hydrogen (secondary N) is 2. The number of benzene rings is 1. The average molecular weight is 408 g/mol. The molecule has 0 spiro atoms. The first-order chi connectivity index (χ1) is 12.8. The minimum atomic E-state index is -4.21. The minimum absolute atomic E-state index is 0.236. The van der Waals surface area contributed by atoms with Crippen LogP contribution < -0.4 is 15.4 Å².